The van der Waals surface area contributed by atoms with E-state index >= 15 is 0 Å². The van der Waals surface area contributed by atoms with Gasteiger partial charge in [0.15, 0.2) is 0 Å². The highest BCUT2D eigenvalue weighted by molar-refractivity contribution is 5.79. The number of carbonyl (C=O) groups is 1. The minimum atomic E-state index is -0.0809. The Morgan fingerprint density at radius 1 is 1.35 bits per heavy atom. The fourth-order valence-corrected chi connectivity index (χ4v) is 3.48. The van der Waals surface area contributed by atoms with Crippen LogP contribution in [0.5, 0.6) is 0 Å². The van der Waals surface area contributed by atoms with Crippen molar-refractivity contribution in [3.8, 4) is 0 Å². The van der Waals surface area contributed by atoms with Crippen molar-refractivity contribution >= 4 is 16.8 Å². The number of hydrogen-bond donors (Lipinski definition) is 0. The van der Waals surface area contributed by atoms with E-state index in [0.717, 1.165) is 24.9 Å². The Morgan fingerprint density at radius 2 is 2.13 bits per heavy atom. The van der Waals surface area contributed by atoms with Crippen LogP contribution in [0, 0.1) is 5.92 Å². The number of para-hydroxylation sites is 1. The summed E-state index contributed by atoms with van der Waals surface area (Å²) in [7, 11) is 0. The van der Waals surface area contributed by atoms with Crippen LogP contribution < -0.4 is 5.43 Å². The third-order valence-electron chi connectivity index (χ3n) is 4.69. The quantitative estimate of drug-likeness (QED) is 0.871. The van der Waals surface area contributed by atoms with Gasteiger partial charge in [-0.25, -0.2) is 0 Å². The van der Waals surface area contributed by atoms with Crippen molar-refractivity contribution < 1.29 is 4.79 Å². The largest absolute Gasteiger partial charge is 0.339 e. The number of benzene rings is 1. The maximum absolute atomic E-state index is 12.6. The number of nitrogens with zero attached hydrogens (tertiary/aromatic N) is 3. The van der Waals surface area contributed by atoms with E-state index in [2.05, 4.69) is 18.9 Å². The molecule has 0 N–H and O–H groups in total. The Morgan fingerprint density at radius 3 is 2.91 bits per heavy atom. The summed E-state index contributed by atoms with van der Waals surface area (Å²) in [4.78, 5) is 26.4. The average Bonchev–Trinajstić information content (AvgIpc) is 3.04. The van der Waals surface area contributed by atoms with Gasteiger partial charge in [-0.15, -0.1) is 0 Å². The van der Waals surface area contributed by atoms with Crippen LogP contribution in [-0.2, 0) is 11.3 Å². The number of aromatic nitrogens is 2. The van der Waals surface area contributed by atoms with Crippen LogP contribution in [0.1, 0.15) is 33.1 Å². The van der Waals surface area contributed by atoms with Gasteiger partial charge in [-0.2, -0.15) is 5.10 Å². The number of fused-ring (bicyclic) bond motifs is 1. The minimum absolute atomic E-state index is 0.0809. The summed E-state index contributed by atoms with van der Waals surface area (Å²) in [5.41, 5.74) is 0.706. The molecule has 1 aliphatic heterocycles. The van der Waals surface area contributed by atoms with Gasteiger partial charge in [0.2, 0.25) is 11.3 Å². The lowest BCUT2D eigenvalue weighted by Gasteiger charge is -2.27. The molecule has 0 radical (unpaired) electrons. The first-order valence-electron chi connectivity index (χ1n) is 8.32. The molecule has 3 rings (SSSR count). The first-order valence-corrected chi connectivity index (χ1v) is 8.32. The number of aryl methyl sites for hydroxylation is 1. The van der Waals surface area contributed by atoms with E-state index in [1.807, 2.05) is 23.1 Å². The zero-order valence-corrected chi connectivity index (χ0v) is 13.7. The predicted molar refractivity (Wildman–Crippen MR) is 90.2 cm³/mol. The molecule has 1 aromatic carbocycles. The van der Waals surface area contributed by atoms with Crippen molar-refractivity contribution in [2.75, 3.05) is 6.54 Å². The molecular weight excluding hydrogens is 290 g/mol. The topological polar surface area (TPSA) is 55.2 Å². The van der Waals surface area contributed by atoms with Crippen molar-refractivity contribution in [2.24, 2.45) is 5.92 Å². The van der Waals surface area contributed by atoms with E-state index < -0.39 is 0 Å². The molecule has 2 aromatic rings. The smallest absolute Gasteiger partial charge is 0.224 e. The van der Waals surface area contributed by atoms with Gasteiger partial charge in [-0.05, 0) is 30.9 Å². The maximum atomic E-state index is 12.6. The number of amides is 1. The molecular formula is C18H23N3O2. The van der Waals surface area contributed by atoms with Gasteiger partial charge < -0.3 is 4.90 Å². The van der Waals surface area contributed by atoms with E-state index in [1.165, 1.54) is 6.20 Å². The third kappa shape index (κ3) is 3.14. The molecule has 1 aliphatic rings. The highest BCUT2D eigenvalue weighted by Gasteiger charge is 2.30. The van der Waals surface area contributed by atoms with Crippen molar-refractivity contribution in [1.29, 1.82) is 0 Å². The van der Waals surface area contributed by atoms with Crippen LogP contribution in [0.15, 0.2) is 35.3 Å². The lowest BCUT2D eigenvalue weighted by Crippen LogP contribution is -2.38. The maximum Gasteiger partial charge on any atom is 0.224 e. The third-order valence-corrected chi connectivity index (χ3v) is 4.69. The SMILES string of the molecule is CC(C)C1CCCN1C(=O)CCn1ncc(=O)c2ccccc21. The number of carbonyl (C=O) groups excluding carboxylic acids is 1. The van der Waals surface area contributed by atoms with Gasteiger partial charge in [0.05, 0.1) is 18.3 Å². The van der Waals surface area contributed by atoms with Crippen LogP contribution in [0.2, 0.25) is 0 Å². The molecule has 5 nitrogen and oxygen atoms in total. The first kappa shape index (κ1) is 15.7. The highest BCUT2D eigenvalue weighted by Crippen LogP contribution is 2.24. The summed E-state index contributed by atoms with van der Waals surface area (Å²) >= 11 is 0. The number of hydrogen-bond acceptors (Lipinski definition) is 3. The van der Waals surface area contributed by atoms with Gasteiger partial charge in [-0.1, -0.05) is 26.0 Å². The second-order valence-corrected chi connectivity index (χ2v) is 6.54. The summed E-state index contributed by atoms with van der Waals surface area (Å²) in [6.45, 7) is 5.71. The van der Waals surface area contributed by atoms with Crippen LogP contribution in [0.4, 0.5) is 0 Å². The summed E-state index contributed by atoms with van der Waals surface area (Å²) in [6.07, 6.45) is 3.94. The molecule has 1 saturated heterocycles. The molecule has 0 bridgehead atoms. The molecule has 0 aliphatic carbocycles. The van der Waals surface area contributed by atoms with Crippen LogP contribution in [0.25, 0.3) is 10.9 Å². The second-order valence-electron chi connectivity index (χ2n) is 6.54. The fourth-order valence-electron chi connectivity index (χ4n) is 3.48. The molecule has 5 heteroatoms. The molecule has 2 heterocycles. The normalized spacial score (nSPS) is 18.0. The summed E-state index contributed by atoms with van der Waals surface area (Å²) in [6, 6.07) is 7.77. The fraction of sp³-hybridized carbons (Fsp3) is 0.500. The Hall–Kier alpha value is -2.17. The van der Waals surface area contributed by atoms with Gasteiger partial charge in [0.25, 0.3) is 0 Å². The Balaban J connectivity index is 1.75. The predicted octanol–water partition coefficient (Wildman–Crippen LogP) is 2.43. The molecule has 1 unspecified atom stereocenters. The van der Waals surface area contributed by atoms with Crippen molar-refractivity contribution in [2.45, 2.75) is 45.7 Å². The van der Waals surface area contributed by atoms with Gasteiger partial charge >= 0.3 is 0 Å². The number of rotatable bonds is 4. The molecule has 0 spiro atoms. The first-order chi connectivity index (χ1) is 11.1. The molecule has 0 saturated carbocycles. The van der Waals surface area contributed by atoms with Crippen LogP contribution >= 0.6 is 0 Å². The Kier molecular flexibility index (Phi) is 4.46. The summed E-state index contributed by atoms with van der Waals surface area (Å²) < 4.78 is 1.76. The second kappa shape index (κ2) is 6.52. The monoisotopic (exact) mass is 313 g/mol. The van der Waals surface area contributed by atoms with Gasteiger partial charge in [0, 0.05) is 24.4 Å². The van der Waals surface area contributed by atoms with E-state index in [0.29, 0.717) is 30.3 Å². The van der Waals surface area contributed by atoms with E-state index in [1.54, 1.807) is 10.7 Å². The highest BCUT2D eigenvalue weighted by atomic mass is 16.2. The zero-order valence-electron chi connectivity index (χ0n) is 13.7. The van der Waals surface area contributed by atoms with Gasteiger partial charge in [-0.3, -0.25) is 14.3 Å². The van der Waals surface area contributed by atoms with Crippen molar-refractivity contribution in [1.82, 2.24) is 14.7 Å². The molecule has 1 aromatic heterocycles. The molecule has 1 atom stereocenters. The van der Waals surface area contributed by atoms with Crippen LogP contribution in [0.3, 0.4) is 0 Å². The average molecular weight is 313 g/mol. The van der Waals surface area contributed by atoms with E-state index in [-0.39, 0.29) is 11.3 Å². The standard InChI is InChI=1S/C18H23N3O2/c1-13(2)15-8-5-10-20(15)18(23)9-11-21-16-7-4-3-6-14(16)17(22)12-19-21/h3-4,6-7,12-13,15H,5,8-11H2,1-2H3. The number of likely N-dealkylation sites (tertiary alicyclic amines) is 1. The minimum Gasteiger partial charge on any atom is -0.339 e. The van der Waals surface area contributed by atoms with Crippen LogP contribution in [-0.4, -0.2) is 33.2 Å². The summed E-state index contributed by atoms with van der Waals surface area (Å²) in [5.74, 6) is 0.679. The lowest BCUT2D eigenvalue weighted by molar-refractivity contribution is -0.133. The van der Waals surface area contributed by atoms with Gasteiger partial charge in [0.1, 0.15) is 0 Å². The van der Waals surface area contributed by atoms with E-state index in [4.69, 9.17) is 0 Å². The lowest BCUT2D eigenvalue weighted by atomic mass is 10.0. The Labute approximate surface area is 135 Å². The molecule has 122 valence electrons. The summed E-state index contributed by atoms with van der Waals surface area (Å²) in [5, 5.41) is 4.84. The molecule has 1 fully saturated rings. The molecule has 1 amide bonds. The van der Waals surface area contributed by atoms with Crippen molar-refractivity contribution in [3.05, 3.63) is 40.7 Å². The van der Waals surface area contributed by atoms with E-state index in [9.17, 15) is 9.59 Å². The van der Waals surface area contributed by atoms with Crippen molar-refractivity contribution in [3.63, 3.8) is 0 Å². The Bertz CT molecular complexity index is 766. The zero-order chi connectivity index (χ0) is 16.4. The molecule has 23 heavy (non-hydrogen) atoms.